The lowest BCUT2D eigenvalue weighted by Gasteiger charge is -2.35. The summed E-state index contributed by atoms with van der Waals surface area (Å²) < 4.78 is 5.70. The van der Waals surface area contributed by atoms with Crippen molar-refractivity contribution in [2.45, 2.75) is 13.5 Å². The van der Waals surface area contributed by atoms with Gasteiger partial charge in [0.1, 0.15) is 5.75 Å². The van der Waals surface area contributed by atoms with Crippen molar-refractivity contribution in [2.75, 3.05) is 38.1 Å². The molecule has 2 aromatic rings. The molecule has 1 heterocycles. The lowest BCUT2D eigenvalue weighted by Crippen LogP contribution is -2.49. The van der Waals surface area contributed by atoms with Crippen molar-refractivity contribution in [3.63, 3.8) is 0 Å². The normalized spacial score (nSPS) is 14.9. The number of hydrogen-bond acceptors (Lipinski definition) is 3. The van der Waals surface area contributed by atoms with Gasteiger partial charge in [-0.25, -0.2) is 4.79 Å². The van der Waals surface area contributed by atoms with E-state index in [2.05, 4.69) is 16.3 Å². The standard InChI is InChI=1S/C20H24ClN3O2/c1-2-26-19-9-4-3-6-16(19)15-23-10-12-24(13-11-23)20(25)22-18-8-5-7-17(21)14-18/h3-9,14H,2,10-13,15H2,1H3,(H,22,25). The van der Waals surface area contributed by atoms with Gasteiger partial charge in [0, 0.05) is 49.0 Å². The Morgan fingerprint density at radius 2 is 1.88 bits per heavy atom. The zero-order valence-electron chi connectivity index (χ0n) is 15.0. The number of urea groups is 1. The molecule has 1 aliphatic rings. The molecule has 1 saturated heterocycles. The molecule has 0 saturated carbocycles. The van der Waals surface area contributed by atoms with Crippen LogP contribution >= 0.6 is 11.6 Å². The third kappa shape index (κ3) is 4.90. The van der Waals surface area contributed by atoms with Gasteiger partial charge in [0.15, 0.2) is 0 Å². The maximum Gasteiger partial charge on any atom is 0.321 e. The number of anilines is 1. The molecular weight excluding hydrogens is 350 g/mol. The second kappa shape index (κ2) is 8.92. The Balaban J connectivity index is 1.52. The van der Waals surface area contributed by atoms with Gasteiger partial charge < -0.3 is 15.0 Å². The van der Waals surface area contributed by atoms with Crippen molar-refractivity contribution in [1.82, 2.24) is 9.80 Å². The molecule has 0 aliphatic carbocycles. The van der Waals surface area contributed by atoms with Crippen LogP contribution in [-0.4, -0.2) is 48.6 Å². The number of para-hydroxylation sites is 1. The van der Waals surface area contributed by atoms with Gasteiger partial charge in [-0.05, 0) is 31.2 Å². The smallest absolute Gasteiger partial charge is 0.321 e. The Hall–Kier alpha value is -2.24. The first-order chi connectivity index (χ1) is 12.7. The van der Waals surface area contributed by atoms with Crippen LogP contribution in [0, 0.1) is 0 Å². The second-order valence-electron chi connectivity index (χ2n) is 6.24. The van der Waals surface area contributed by atoms with Crippen LogP contribution in [0.15, 0.2) is 48.5 Å². The van der Waals surface area contributed by atoms with Crippen LogP contribution in [0.5, 0.6) is 5.75 Å². The van der Waals surface area contributed by atoms with Crippen molar-refractivity contribution in [3.05, 3.63) is 59.1 Å². The number of benzene rings is 2. The number of nitrogens with one attached hydrogen (secondary N) is 1. The van der Waals surface area contributed by atoms with Crippen molar-refractivity contribution in [2.24, 2.45) is 0 Å². The molecule has 0 atom stereocenters. The summed E-state index contributed by atoms with van der Waals surface area (Å²) in [6.07, 6.45) is 0. The molecule has 1 aliphatic heterocycles. The van der Waals surface area contributed by atoms with Gasteiger partial charge in [-0.15, -0.1) is 0 Å². The molecule has 3 rings (SSSR count). The number of carbonyl (C=O) groups is 1. The highest BCUT2D eigenvalue weighted by Gasteiger charge is 2.22. The Morgan fingerprint density at radius 1 is 1.12 bits per heavy atom. The lowest BCUT2D eigenvalue weighted by atomic mass is 10.1. The molecule has 138 valence electrons. The third-order valence-electron chi connectivity index (χ3n) is 4.40. The summed E-state index contributed by atoms with van der Waals surface area (Å²) in [6.45, 7) is 6.56. The molecule has 26 heavy (non-hydrogen) atoms. The number of amides is 2. The number of piperazine rings is 1. The molecule has 1 fully saturated rings. The summed E-state index contributed by atoms with van der Waals surface area (Å²) in [5.74, 6) is 0.941. The summed E-state index contributed by atoms with van der Waals surface area (Å²) in [5.41, 5.74) is 1.90. The second-order valence-corrected chi connectivity index (χ2v) is 6.68. The number of hydrogen-bond donors (Lipinski definition) is 1. The topological polar surface area (TPSA) is 44.8 Å². The molecule has 6 heteroatoms. The largest absolute Gasteiger partial charge is 0.494 e. The molecule has 2 aromatic carbocycles. The Bertz CT molecular complexity index is 745. The van der Waals surface area contributed by atoms with Crippen molar-refractivity contribution in [1.29, 1.82) is 0 Å². The van der Waals surface area contributed by atoms with Crippen molar-refractivity contribution >= 4 is 23.3 Å². The van der Waals surface area contributed by atoms with Gasteiger partial charge in [-0.3, -0.25) is 4.90 Å². The number of carbonyl (C=O) groups excluding carboxylic acids is 1. The van der Waals surface area contributed by atoms with Crippen LogP contribution in [-0.2, 0) is 6.54 Å². The van der Waals surface area contributed by atoms with E-state index in [4.69, 9.17) is 16.3 Å². The number of ether oxygens (including phenoxy) is 1. The maximum absolute atomic E-state index is 12.4. The average Bonchev–Trinajstić information content (AvgIpc) is 2.64. The average molecular weight is 374 g/mol. The van der Waals surface area contributed by atoms with Gasteiger partial charge in [-0.1, -0.05) is 35.9 Å². The zero-order chi connectivity index (χ0) is 18.4. The molecule has 0 unspecified atom stereocenters. The SMILES string of the molecule is CCOc1ccccc1CN1CCN(C(=O)Nc2cccc(Cl)c2)CC1. The molecule has 0 aromatic heterocycles. The van der Waals surface area contributed by atoms with E-state index in [1.165, 1.54) is 5.56 Å². The first-order valence-electron chi connectivity index (χ1n) is 8.90. The molecule has 0 bridgehead atoms. The molecule has 2 amide bonds. The minimum absolute atomic E-state index is 0.0818. The van der Waals surface area contributed by atoms with E-state index in [1.807, 2.05) is 42.2 Å². The van der Waals surface area contributed by atoms with E-state index in [0.717, 1.165) is 31.1 Å². The highest BCUT2D eigenvalue weighted by Crippen LogP contribution is 2.21. The monoisotopic (exact) mass is 373 g/mol. The van der Waals surface area contributed by atoms with Crippen LogP contribution in [0.25, 0.3) is 0 Å². The van der Waals surface area contributed by atoms with E-state index in [1.54, 1.807) is 12.1 Å². The van der Waals surface area contributed by atoms with E-state index in [9.17, 15) is 4.79 Å². The zero-order valence-corrected chi connectivity index (χ0v) is 15.7. The first kappa shape index (κ1) is 18.5. The summed E-state index contributed by atoms with van der Waals surface area (Å²) in [5, 5.41) is 3.52. The van der Waals surface area contributed by atoms with Gasteiger partial charge in [0.05, 0.1) is 6.61 Å². The minimum Gasteiger partial charge on any atom is -0.494 e. The third-order valence-corrected chi connectivity index (χ3v) is 4.64. The van der Waals surface area contributed by atoms with E-state index >= 15 is 0 Å². The fourth-order valence-electron chi connectivity index (χ4n) is 3.05. The van der Waals surface area contributed by atoms with Gasteiger partial charge >= 0.3 is 6.03 Å². The fraction of sp³-hybridized carbons (Fsp3) is 0.350. The maximum atomic E-state index is 12.4. The quantitative estimate of drug-likeness (QED) is 0.858. The molecule has 0 spiro atoms. The van der Waals surface area contributed by atoms with Crippen molar-refractivity contribution < 1.29 is 9.53 Å². The van der Waals surface area contributed by atoms with Gasteiger partial charge in [-0.2, -0.15) is 0 Å². The van der Waals surface area contributed by atoms with E-state index < -0.39 is 0 Å². The molecule has 1 N–H and O–H groups in total. The van der Waals surface area contributed by atoms with Crippen LogP contribution in [0.1, 0.15) is 12.5 Å². The van der Waals surface area contributed by atoms with E-state index in [-0.39, 0.29) is 6.03 Å². The van der Waals surface area contributed by atoms with Gasteiger partial charge in [0.2, 0.25) is 0 Å². The van der Waals surface area contributed by atoms with Crippen LogP contribution < -0.4 is 10.1 Å². The number of halogens is 1. The number of rotatable bonds is 5. The van der Waals surface area contributed by atoms with Crippen LogP contribution in [0.3, 0.4) is 0 Å². The summed E-state index contributed by atoms with van der Waals surface area (Å²) >= 11 is 5.96. The first-order valence-corrected chi connectivity index (χ1v) is 9.28. The Labute approximate surface area is 159 Å². The molecule has 5 nitrogen and oxygen atoms in total. The van der Waals surface area contributed by atoms with Crippen molar-refractivity contribution in [3.8, 4) is 5.75 Å². The number of nitrogens with zero attached hydrogens (tertiary/aromatic N) is 2. The Morgan fingerprint density at radius 3 is 2.62 bits per heavy atom. The predicted octanol–water partition coefficient (Wildman–Crippen LogP) is 4.09. The van der Waals surface area contributed by atoms with Gasteiger partial charge in [0.25, 0.3) is 0 Å². The molecule has 0 radical (unpaired) electrons. The van der Waals surface area contributed by atoms with Crippen LogP contribution in [0.2, 0.25) is 5.02 Å². The van der Waals surface area contributed by atoms with Crippen LogP contribution in [0.4, 0.5) is 10.5 Å². The minimum atomic E-state index is -0.0818. The summed E-state index contributed by atoms with van der Waals surface area (Å²) in [7, 11) is 0. The fourth-order valence-corrected chi connectivity index (χ4v) is 3.24. The summed E-state index contributed by atoms with van der Waals surface area (Å²) in [6, 6.07) is 15.3. The highest BCUT2D eigenvalue weighted by molar-refractivity contribution is 6.30. The Kier molecular flexibility index (Phi) is 6.36. The summed E-state index contributed by atoms with van der Waals surface area (Å²) in [4.78, 5) is 16.6. The predicted molar refractivity (Wildman–Crippen MR) is 105 cm³/mol. The highest BCUT2D eigenvalue weighted by atomic mass is 35.5. The molecular formula is C20H24ClN3O2. The lowest BCUT2D eigenvalue weighted by molar-refractivity contribution is 0.142. The van der Waals surface area contributed by atoms with E-state index in [0.29, 0.717) is 24.7 Å².